The number of carbonyl (C=O) groups excluding carboxylic acids is 3. The molecule has 19 heavy (non-hydrogen) atoms. The first-order chi connectivity index (χ1) is 8.96. The van der Waals surface area contributed by atoms with Gasteiger partial charge in [0.25, 0.3) is 0 Å². The molecule has 0 saturated heterocycles. The molecular formula is C12H13NO6. The molecule has 0 amide bonds. The van der Waals surface area contributed by atoms with Crippen molar-refractivity contribution in [2.75, 3.05) is 21.3 Å². The Labute approximate surface area is 109 Å². The van der Waals surface area contributed by atoms with Crippen LogP contribution in [0.5, 0.6) is 0 Å². The van der Waals surface area contributed by atoms with Crippen molar-refractivity contribution in [2.24, 2.45) is 0 Å². The van der Waals surface area contributed by atoms with Crippen LogP contribution in [0.15, 0.2) is 6.07 Å². The number of carbonyl (C=O) groups is 3. The second kappa shape index (κ2) is 5.94. The maximum atomic E-state index is 11.6. The minimum Gasteiger partial charge on any atom is -0.465 e. The molecule has 0 aromatic carbocycles. The first-order valence-electron chi connectivity index (χ1n) is 5.22. The zero-order chi connectivity index (χ0) is 14.6. The fraction of sp³-hybridized carbons (Fsp3) is 0.333. The van der Waals surface area contributed by atoms with Gasteiger partial charge in [0.05, 0.1) is 38.2 Å². The van der Waals surface area contributed by atoms with Crippen LogP contribution in [-0.4, -0.2) is 44.2 Å². The topological polar surface area (TPSA) is 91.8 Å². The Bertz CT molecular complexity index is 537. The molecule has 1 aromatic heterocycles. The van der Waals surface area contributed by atoms with Gasteiger partial charge in [0.2, 0.25) is 0 Å². The Balaban J connectivity index is 3.49. The van der Waals surface area contributed by atoms with E-state index in [4.69, 9.17) is 0 Å². The van der Waals surface area contributed by atoms with Gasteiger partial charge in [-0.25, -0.2) is 19.4 Å². The Morgan fingerprint density at radius 3 is 1.84 bits per heavy atom. The van der Waals surface area contributed by atoms with Gasteiger partial charge in [-0.15, -0.1) is 0 Å². The Morgan fingerprint density at radius 1 is 0.895 bits per heavy atom. The van der Waals surface area contributed by atoms with Crippen molar-refractivity contribution in [3.63, 3.8) is 0 Å². The van der Waals surface area contributed by atoms with E-state index in [0.29, 0.717) is 0 Å². The molecule has 0 N–H and O–H groups in total. The monoisotopic (exact) mass is 267 g/mol. The summed E-state index contributed by atoms with van der Waals surface area (Å²) in [6.45, 7) is 1.51. The number of rotatable bonds is 3. The molecule has 0 atom stereocenters. The number of hydrogen-bond acceptors (Lipinski definition) is 7. The molecule has 0 unspecified atom stereocenters. The van der Waals surface area contributed by atoms with Gasteiger partial charge in [0.15, 0.2) is 5.69 Å². The van der Waals surface area contributed by atoms with Crippen LogP contribution in [-0.2, 0) is 14.2 Å². The number of nitrogens with zero attached hydrogens (tertiary/aromatic N) is 1. The highest BCUT2D eigenvalue weighted by molar-refractivity contribution is 6.04. The summed E-state index contributed by atoms with van der Waals surface area (Å²) in [5, 5.41) is 0. The average Bonchev–Trinajstić information content (AvgIpc) is 2.44. The van der Waals surface area contributed by atoms with E-state index >= 15 is 0 Å². The Hall–Kier alpha value is -2.44. The smallest absolute Gasteiger partial charge is 0.357 e. The van der Waals surface area contributed by atoms with Crippen molar-refractivity contribution < 1.29 is 28.6 Å². The van der Waals surface area contributed by atoms with Crippen LogP contribution < -0.4 is 0 Å². The summed E-state index contributed by atoms with van der Waals surface area (Å²) in [4.78, 5) is 38.6. The summed E-state index contributed by atoms with van der Waals surface area (Å²) in [5.74, 6) is -2.25. The molecule has 7 heteroatoms. The van der Waals surface area contributed by atoms with Gasteiger partial charge in [-0.3, -0.25) is 0 Å². The molecule has 102 valence electrons. The van der Waals surface area contributed by atoms with Crippen molar-refractivity contribution >= 4 is 17.9 Å². The summed E-state index contributed by atoms with van der Waals surface area (Å²) >= 11 is 0. The number of ether oxygens (including phenoxy) is 3. The molecule has 1 aromatic rings. The highest BCUT2D eigenvalue weighted by atomic mass is 16.5. The predicted octanol–water partition coefficient (Wildman–Crippen LogP) is 0.750. The maximum absolute atomic E-state index is 11.6. The summed E-state index contributed by atoms with van der Waals surface area (Å²) in [6.07, 6.45) is 0. The Kier molecular flexibility index (Phi) is 4.57. The number of methoxy groups -OCH3 is 3. The molecule has 0 spiro atoms. The van der Waals surface area contributed by atoms with Gasteiger partial charge < -0.3 is 14.2 Å². The third-order valence-electron chi connectivity index (χ3n) is 2.40. The van der Waals surface area contributed by atoms with E-state index in [1.54, 1.807) is 0 Å². The molecule has 0 bridgehead atoms. The van der Waals surface area contributed by atoms with Crippen LogP contribution in [0.1, 0.15) is 36.9 Å². The molecule has 0 fully saturated rings. The van der Waals surface area contributed by atoms with E-state index < -0.39 is 17.9 Å². The number of aromatic nitrogens is 1. The summed E-state index contributed by atoms with van der Waals surface area (Å²) < 4.78 is 13.6. The molecule has 0 saturated carbocycles. The van der Waals surface area contributed by atoms with Gasteiger partial charge >= 0.3 is 17.9 Å². The predicted molar refractivity (Wildman–Crippen MR) is 63.0 cm³/mol. The van der Waals surface area contributed by atoms with Crippen LogP contribution >= 0.6 is 0 Å². The van der Waals surface area contributed by atoms with Crippen molar-refractivity contribution in [1.82, 2.24) is 4.98 Å². The number of esters is 3. The van der Waals surface area contributed by atoms with Crippen molar-refractivity contribution in [3.8, 4) is 0 Å². The van der Waals surface area contributed by atoms with Gasteiger partial charge in [-0.2, -0.15) is 0 Å². The minimum atomic E-state index is -0.793. The summed E-state index contributed by atoms with van der Waals surface area (Å²) in [6, 6.07) is 1.20. The fourth-order valence-corrected chi connectivity index (χ4v) is 1.44. The summed E-state index contributed by atoms with van der Waals surface area (Å²) in [5.41, 5.74) is -0.0321. The molecule has 0 aliphatic heterocycles. The first-order valence-corrected chi connectivity index (χ1v) is 5.22. The highest BCUT2D eigenvalue weighted by Gasteiger charge is 2.24. The SMILES string of the molecule is COC(=O)c1cc(C(=O)OC)c(C(=O)OC)nc1C. The lowest BCUT2D eigenvalue weighted by Crippen LogP contribution is -2.17. The largest absolute Gasteiger partial charge is 0.465 e. The standard InChI is InChI=1S/C12H13NO6/c1-6-7(10(14)17-2)5-8(11(15)18-3)9(13-6)12(16)19-4/h5H,1-4H3. The van der Waals surface area contributed by atoms with Gasteiger partial charge in [0, 0.05) is 0 Å². The van der Waals surface area contributed by atoms with E-state index in [1.165, 1.54) is 20.1 Å². The van der Waals surface area contributed by atoms with Gasteiger partial charge in [0.1, 0.15) is 0 Å². The second-order valence-corrected chi connectivity index (χ2v) is 3.49. The fourth-order valence-electron chi connectivity index (χ4n) is 1.44. The van der Waals surface area contributed by atoms with Gasteiger partial charge in [-0.05, 0) is 13.0 Å². The maximum Gasteiger partial charge on any atom is 0.357 e. The van der Waals surface area contributed by atoms with Crippen LogP contribution in [0.3, 0.4) is 0 Å². The number of hydrogen-bond donors (Lipinski definition) is 0. The molecule has 0 aliphatic rings. The normalized spacial score (nSPS) is 9.68. The lowest BCUT2D eigenvalue weighted by atomic mass is 10.1. The second-order valence-electron chi connectivity index (χ2n) is 3.49. The van der Waals surface area contributed by atoms with Gasteiger partial charge in [-0.1, -0.05) is 0 Å². The van der Waals surface area contributed by atoms with E-state index in [0.717, 1.165) is 14.2 Å². The van der Waals surface area contributed by atoms with Crippen LogP contribution in [0.25, 0.3) is 0 Å². The van der Waals surface area contributed by atoms with Crippen molar-refractivity contribution in [1.29, 1.82) is 0 Å². The van der Waals surface area contributed by atoms with Crippen LogP contribution in [0.4, 0.5) is 0 Å². The highest BCUT2D eigenvalue weighted by Crippen LogP contribution is 2.16. The van der Waals surface area contributed by atoms with Crippen LogP contribution in [0, 0.1) is 6.92 Å². The third-order valence-corrected chi connectivity index (χ3v) is 2.40. The van der Waals surface area contributed by atoms with Crippen molar-refractivity contribution in [3.05, 3.63) is 28.6 Å². The lowest BCUT2D eigenvalue weighted by Gasteiger charge is -2.09. The van der Waals surface area contributed by atoms with E-state index in [-0.39, 0.29) is 22.5 Å². The average molecular weight is 267 g/mol. The van der Waals surface area contributed by atoms with E-state index in [2.05, 4.69) is 19.2 Å². The molecule has 1 rings (SSSR count). The number of pyridine rings is 1. The molecule has 0 radical (unpaired) electrons. The zero-order valence-electron chi connectivity index (χ0n) is 11.0. The van der Waals surface area contributed by atoms with E-state index in [9.17, 15) is 14.4 Å². The molecule has 7 nitrogen and oxygen atoms in total. The molecule has 0 aliphatic carbocycles. The lowest BCUT2D eigenvalue weighted by molar-refractivity contribution is 0.0546. The Morgan fingerprint density at radius 2 is 1.37 bits per heavy atom. The first kappa shape index (κ1) is 14.6. The summed E-state index contributed by atoms with van der Waals surface area (Å²) in [7, 11) is 3.52. The van der Waals surface area contributed by atoms with Crippen LogP contribution in [0.2, 0.25) is 0 Å². The van der Waals surface area contributed by atoms with E-state index in [1.807, 2.05) is 0 Å². The molecular weight excluding hydrogens is 254 g/mol. The zero-order valence-corrected chi connectivity index (χ0v) is 11.0. The third kappa shape index (κ3) is 2.87. The quantitative estimate of drug-likeness (QED) is 0.589. The molecule has 1 heterocycles. The number of aryl methyl sites for hydroxylation is 1. The minimum absolute atomic E-state index is 0.0792. The van der Waals surface area contributed by atoms with Crippen molar-refractivity contribution in [2.45, 2.75) is 6.92 Å².